The van der Waals surface area contributed by atoms with Crippen molar-refractivity contribution >= 4 is 22.6 Å². The van der Waals surface area contributed by atoms with E-state index in [2.05, 4.69) is 0 Å². The molecule has 0 aliphatic heterocycles. The molecule has 0 spiro atoms. The number of hydrogen-bond acceptors (Lipinski definition) is 0. The smallest absolute Gasteiger partial charge is 0.200 e. The topological polar surface area (TPSA) is 0 Å². The van der Waals surface area contributed by atoms with Crippen LogP contribution in [0.25, 0.3) is 0 Å². The highest BCUT2D eigenvalue weighted by atomic mass is 127. The highest BCUT2D eigenvalue weighted by Gasteiger charge is 2.98. The van der Waals surface area contributed by atoms with Gasteiger partial charge < -0.3 is 0 Å². The second kappa shape index (κ2) is 9.08. The molecule has 0 aromatic heterocycles. The van der Waals surface area contributed by atoms with Crippen molar-refractivity contribution in [3.63, 3.8) is 0 Å². The minimum absolute atomic E-state index is 0.660. The molecule has 0 rings (SSSR count). The minimum atomic E-state index is -9.35. The summed E-state index contributed by atoms with van der Waals surface area (Å²) in [6.45, 7) is 0. The summed E-state index contributed by atoms with van der Waals surface area (Å²) in [4.78, 5) is 0. The largest absolute Gasteiger partial charge is 0.460 e. The van der Waals surface area contributed by atoms with Crippen molar-refractivity contribution in [3.8, 4) is 0 Å². The Hall–Kier alpha value is -0.880. The summed E-state index contributed by atoms with van der Waals surface area (Å²) in [6.07, 6.45) is -10.7. The average molecular weight is 724 g/mol. The number of hydrogen-bond donors (Lipinski definition) is 0. The fourth-order valence-electron chi connectivity index (χ4n) is 2.06. The molecule has 0 radical (unpaired) electrons. The SMILES string of the molecule is FC(F)(F)C(F)(F)C(F)(F)C(F)(F)C(F)(F)C(F)(F)C(F)(F)C(F)(F)C(F)(F)C(F)(F)C(F)(F)CCI. The Kier molecular flexibility index (Phi) is 8.86. The summed E-state index contributed by atoms with van der Waals surface area (Å²) >= 11 is 0.660. The quantitative estimate of drug-likeness (QED) is 0.114. The van der Waals surface area contributed by atoms with Gasteiger partial charge in [-0.05, 0) is 0 Å². The van der Waals surface area contributed by atoms with Crippen molar-refractivity contribution < 1.29 is 101 Å². The van der Waals surface area contributed by atoms with Crippen LogP contribution in [0.4, 0.5) is 101 Å². The Morgan fingerprint density at radius 2 is 0.486 bits per heavy atom. The summed E-state index contributed by atoms with van der Waals surface area (Å²) in [5, 5.41) is 0. The second-order valence-corrected chi connectivity index (χ2v) is 7.89. The summed E-state index contributed by atoms with van der Waals surface area (Å²) in [5.74, 6) is -86.8. The predicted octanol–water partition coefficient (Wildman–Crippen LogP) is 8.73. The Morgan fingerprint density at radius 3 is 0.676 bits per heavy atom. The first-order chi connectivity index (χ1) is 15.6. The molecular weight excluding hydrogens is 720 g/mol. The molecule has 24 heteroatoms. The predicted molar refractivity (Wildman–Crippen MR) is 79.0 cm³/mol. The van der Waals surface area contributed by atoms with E-state index >= 15 is 0 Å². The van der Waals surface area contributed by atoms with Gasteiger partial charge in [-0.1, -0.05) is 22.6 Å². The van der Waals surface area contributed by atoms with Crippen LogP contribution in [0.2, 0.25) is 0 Å². The van der Waals surface area contributed by atoms with Crippen LogP contribution in [0.15, 0.2) is 0 Å². The third-order valence-corrected chi connectivity index (χ3v) is 4.92. The third kappa shape index (κ3) is 4.44. The van der Waals surface area contributed by atoms with Crippen molar-refractivity contribution in [1.82, 2.24) is 0 Å². The molecular formula is C13H4F23I. The molecule has 0 N–H and O–H groups in total. The first-order valence-corrected chi connectivity index (χ1v) is 9.49. The Labute approximate surface area is 200 Å². The molecule has 0 aromatic rings. The second-order valence-electron chi connectivity index (χ2n) is 6.81. The molecule has 0 saturated carbocycles. The molecule has 0 unspecified atom stereocenters. The van der Waals surface area contributed by atoms with Crippen molar-refractivity contribution in [1.29, 1.82) is 0 Å². The Morgan fingerprint density at radius 1 is 0.297 bits per heavy atom. The maximum Gasteiger partial charge on any atom is 0.460 e. The zero-order valence-corrected chi connectivity index (χ0v) is 18.1. The molecule has 0 amide bonds. The van der Waals surface area contributed by atoms with Crippen LogP contribution in [-0.4, -0.2) is 69.8 Å². The summed E-state index contributed by atoms with van der Waals surface area (Å²) < 4.78 is 300. The van der Waals surface area contributed by atoms with E-state index in [1.807, 2.05) is 0 Å². The van der Waals surface area contributed by atoms with Gasteiger partial charge in [-0.3, -0.25) is 0 Å². The third-order valence-electron chi connectivity index (χ3n) is 4.38. The molecule has 0 nitrogen and oxygen atoms in total. The van der Waals surface area contributed by atoms with Gasteiger partial charge in [0.15, 0.2) is 0 Å². The lowest BCUT2D eigenvalue weighted by atomic mass is 9.85. The van der Waals surface area contributed by atoms with Crippen molar-refractivity contribution in [2.24, 2.45) is 0 Å². The summed E-state index contributed by atoms with van der Waals surface area (Å²) in [7, 11) is 0. The van der Waals surface area contributed by atoms with Crippen LogP contribution < -0.4 is 0 Å². The highest BCUT2D eigenvalue weighted by molar-refractivity contribution is 14.1. The molecule has 0 aromatic carbocycles. The van der Waals surface area contributed by atoms with Crippen LogP contribution in [0, 0.1) is 0 Å². The molecule has 0 aliphatic carbocycles. The lowest BCUT2D eigenvalue weighted by Crippen LogP contribution is -2.77. The van der Waals surface area contributed by atoms with Gasteiger partial charge in [0.05, 0.1) is 0 Å². The van der Waals surface area contributed by atoms with Gasteiger partial charge in [0.1, 0.15) is 0 Å². The van der Waals surface area contributed by atoms with Gasteiger partial charge in [-0.15, -0.1) is 0 Å². The fourth-order valence-corrected chi connectivity index (χ4v) is 2.74. The van der Waals surface area contributed by atoms with Crippen LogP contribution in [0.1, 0.15) is 6.42 Å². The van der Waals surface area contributed by atoms with Gasteiger partial charge in [0, 0.05) is 10.8 Å². The van der Waals surface area contributed by atoms with E-state index in [1.165, 1.54) is 0 Å². The van der Waals surface area contributed by atoms with E-state index < -0.39 is 76.2 Å². The van der Waals surface area contributed by atoms with Gasteiger partial charge in [-0.2, -0.15) is 101 Å². The molecule has 0 atom stereocenters. The molecule has 0 heterocycles. The van der Waals surface area contributed by atoms with E-state index in [-0.39, 0.29) is 0 Å². The van der Waals surface area contributed by atoms with Crippen LogP contribution >= 0.6 is 22.6 Å². The van der Waals surface area contributed by atoms with Crippen molar-refractivity contribution in [3.05, 3.63) is 0 Å². The molecule has 0 aliphatic rings. The molecule has 0 fully saturated rings. The Balaban J connectivity index is 7.17. The maximum absolute atomic E-state index is 13.5. The maximum atomic E-state index is 13.5. The number of rotatable bonds is 11. The molecule has 224 valence electrons. The minimum Gasteiger partial charge on any atom is -0.200 e. The van der Waals surface area contributed by atoms with Crippen LogP contribution in [0.3, 0.4) is 0 Å². The van der Waals surface area contributed by atoms with E-state index in [9.17, 15) is 101 Å². The van der Waals surface area contributed by atoms with Crippen LogP contribution in [0.5, 0.6) is 0 Å². The highest BCUT2D eigenvalue weighted by Crippen LogP contribution is 2.67. The zero-order valence-electron chi connectivity index (χ0n) is 16.0. The normalized spacial score (nSPS) is 16.9. The van der Waals surface area contributed by atoms with Gasteiger partial charge >= 0.3 is 65.4 Å². The number of alkyl halides is 24. The van der Waals surface area contributed by atoms with Gasteiger partial charge in [0.25, 0.3) is 0 Å². The average Bonchev–Trinajstić information content (AvgIpc) is 2.65. The lowest BCUT2D eigenvalue weighted by molar-refractivity contribution is -0.478. The van der Waals surface area contributed by atoms with Gasteiger partial charge in [0.2, 0.25) is 0 Å². The first kappa shape index (κ1) is 36.1. The number of halogens is 24. The van der Waals surface area contributed by atoms with E-state index in [1.54, 1.807) is 0 Å². The van der Waals surface area contributed by atoms with Crippen molar-refractivity contribution in [2.75, 3.05) is 4.43 Å². The molecule has 0 saturated heterocycles. The summed E-state index contributed by atoms with van der Waals surface area (Å²) in [5.41, 5.74) is 0. The monoisotopic (exact) mass is 724 g/mol. The fraction of sp³-hybridized carbons (Fsp3) is 1.00. The molecule has 0 bridgehead atoms. The van der Waals surface area contributed by atoms with E-state index in [0.29, 0.717) is 22.6 Å². The van der Waals surface area contributed by atoms with E-state index in [0.717, 1.165) is 0 Å². The zero-order chi connectivity index (χ0) is 30.9. The standard InChI is InChI=1S/C13H4F23I/c14-3(15,1-2-37)4(16,17)5(18,19)6(20,21)7(22,23)8(24,25)9(26,27)10(28,29)11(30,31)12(32,33)13(34,35)36/h1-2H2. The van der Waals surface area contributed by atoms with Crippen molar-refractivity contribution in [2.45, 2.75) is 71.8 Å². The Bertz CT molecular complexity index is 819. The lowest BCUT2D eigenvalue weighted by Gasteiger charge is -2.45. The van der Waals surface area contributed by atoms with Crippen LogP contribution in [-0.2, 0) is 0 Å². The molecule has 37 heavy (non-hydrogen) atoms. The van der Waals surface area contributed by atoms with Gasteiger partial charge in [-0.25, -0.2) is 0 Å². The van der Waals surface area contributed by atoms with E-state index in [4.69, 9.17) is 0 Å². The summed E-state index contributed by atoms with van der Waals surface area (Å²) in [6, 6.07) is 0. The first-order valence-electron chi connectivity index (χ1n) is 7.97.